The summed E-state index contributed by atoms with van der Waals surface area (Å²) in [5.74, 6) is 3.31. The summed E-state index contributed by atoms with van der Waals surface area (Å²) in [5, 5.41) is 7.23. The fraction of sp³-hybridized carbons (Fsp3) is 0.304. The van der Waals surface area contributed by atoms with Gasteiger partial charge in [-0.05, 0) is 83.5 Å². The fourth-order valence-corrected chi connectivity index (χ4v) is 7.19. The maximum Gasteiger partial charge on any atom is 2.00 e. The van der Waals surface area contributed by atoms with Gasteiger partial charge in [-0.2, -0.15) is 17.2 Å². The molecule has 4 aromatic carbocycles. The van der Waals surface area contributed by atoms with Crippen molar-refractivity contribution in [1.29, 1.82) is 0 Å². The predicted octanol–water partition coefficient (Wildman–Crippen LogP) is 12.3. The number of ether oxygens (including phenoxy) is 1. The van der Waals surface area contributed by atoms with Gasteiger partial charge in [-0.1, -0.05) is 102 Å². The van der Waals surface area contributed by atoms with Crippen LogP contribution in [0.2, 0.25) is 0 Å². The summed E-state index contributed by atoms with van der Waals surface area (Å²) in [6.45, 7) is 17.8. The minimum absolute atomic E-state index is 0. The Balaban J connectivity index is 0.00000464. The zero-order valence-corrected chi connectivity index (χ0v) is 33.8. The smallest absolute Gasteiger partial charge is 0.509 e. The molecule has 0 aliphatic carbocycles. The summed E-state index contributed by atoms with van der Waals surface area (Å²) in [7, 11) is 0. The molecule has 6 heteroatoms. The van der Waals surface area contributed by atoms with E-state index in [1.807, 2.05) is 41.2 Å². The Morgan fingerprint density at radius 1 is 0.788 bits per heavy atom. The van der Waals surface area contributed by atoms with E-state index in [2.05, 4.69) is 133 Å². The monoisotopic (exact) mass is 867 g/mol. The third-order valence-electron chi connectivity index (χ3n) is 10.1. The summed E-state index contributed by atoms with van der Waals surface area (Å²) in [6, 6.07) is 38.9. The number of aromatic nitrogens is 4. The van der Waals surface area contributed by atoms with E-state index < -0.39 is 0 Å². The first-order chi connectivity index (χ1) is 24.5. The molecule has 0 fully saturated rings. The Bertz CT molecular complexity index is 2330. The molecule has 0 spiro atoms. The predicted molar refractivity (Wildman–Crippen MR) is 211 cm³/mol. The number of nitrogens with zero attached hydrogens (tertiary/aromatic N) is 4. The molecule has 5 nitrogen and oxygen atoms in total. The Morgan fingerprint density at radius 3 is 2.31 bits per heavy atom. The summed E-state index contributed by atoms with van der Waals surface area (Å²) in [4.78, 5) is 4.89. The van der Waals surface area contributed by atoms with Crippen molar-refractivity contribution in [2.24, 2.45) is 5.92 Å². The number of pyridine rings is 1. The van der Waals surface area contributed by atoms with Crippen molar-refractivity contribution in [2.45, 2.75) is 86.0 Å². The molecule has 0 saturated carbocycles. The first kappa shape index (κ1) is 37.3. The van der Waals surface area contributed by atoms with E-state index in [0.29, 0.717) is 17.4 Å². The Hall–Kier alpha value is -4.47. The molecule has 0 bridgehead atoms. The van der Waals surface area contributed by atoms with E-state index in [0.717, 1.165) is 56.4 Å². The van der Waals surface area contributed by atoms with Crippen LogP contribution in [0, 0.1) is 31.9 Å². The zero-order chi connectivity index (χ0) is 35.9. The second kappa shape index (κ2) is 15.2. The van der Waals surface area contributed by atoms with Crippen LogP contribution in [0.25, 0.3) is 44.4 Å². The zero-order valence-electron chi connectivity index (χ0n) is 31.5. The van der Waals surface area contributed by atoms with Crippen molar-refractivity contribution in [3.8, 4) is 34.1 Å². The molecule has 3 heterocycles. The number of aryl methyl sites for hydroxylation is 1. The molecule has 1 unspecified atom stereocenters. The minimum atomic E-state index is -0.0127. The van der Waals surface area contributed by atoms with Crippen LogP contribution in [0.5, 0.6) is 11.5 Å². The van der Waals surface area contributed by atoms with Gasteiger partial charge in [0.2, 0.25) is 0 Å². The fourth-order valence-electron chi connectivity index (χ4n) is 7.19. The van der Waals surface area contributed by atoms with Gasteiger partial charge in [0.15, 0.2) is 0 Å². The van der Waals surface area contributed by atoms with Crippen molar-refractivity contribution in [2.75, 3.05) is 0 Å². The van der Waals surface area contributed by atoms with Crippen LogP contribution in [0.4, 0.5) is 0 Å². The van der Waals surface area contributed by atoms with Crippen LogP contribution in [0.1, 0.15) is 89.2 Å². The van der Waals surface area contributed by atoms with Gasteiger partial charge in [-0.25, -0.2) is 4.98 Å². The van der Waals surface area contributed by atoms with Gasteiger partial charge in [0.05, 0.1) is 5.69 Å². The number of hydrogen-bond acceptors (Lipinski definition) is 3. The molecule has 0 radical (unpaired) electrons. The van der Waals surface area contributed by atoms with Crippen molar-refractivity contribution in [3.63, 3.8) is 0 Å². The van der Waals surface area contributed by atoms with Crippen LogP contribution in [0.15, 0.2) is 97.2 Å². The molecule has 3 aromatic heterocycles. The number of benzene rings is 4. The molecule has 0 N–H and O–H groups in total. The molecule has 7 aromatic rings. The minimum Gasteiger partial charge on any atom is -0.509 e. The van der Waals surface area contributed by atoms with Gasteiger partial charge in [0.25, 0.3) is 0 Å². The largest absolute Gasteiger partial charge is 2.00 e. The maximum atomic E-state index is 6.51. The summed E-state index contributed by atoms with van der Waals surface area (Å²) < 4.78 is 10.7. The Labute approximate surface area is 323 Å². The summed E-state index contributed by atoms with van der Waals surface area (Å²) in [5.41, 5.74) is 9.79. The molecule has 52 heavy (non-hydrogen) atoms. The van der Waals surface area contributed by atoms with Gasteiger partial charge < -0.3 is 9.30 Å². The molecule has 0 aliphatic heterocycles. The molecule has 0 aliphatic rings. The van der Waals surface area contributed by atoms with E-state index in [9.17, 15) is 0 Å². The van der Waals surface area contributed by atoms with Crippen molar-refractivity contribution in [3.05, 3.63) is 132 Å². The van der Waals surface area contributed by atoms with E-state index in [-0.39, 0.29) is 26.5 Å². The van der Waals surface area contributed by atoms with Gasteiger partial charge in [0, 0.05) is 34.5 Å². The Kier molecular flexibility index (Phi) is 10.9. The summed E-state index contributed by atoms with van der Waals surface area (Å²) >= 11 is 0. The van der Waals surface area contributed by atoms with Crippen LogP contribution in [0.3, 0.4) is 0 Å². The van der Waals surface area contributed by atoms with Crippen LogP contribution < -0.4 is 4.74 Å². The van der Waals surface area contributed by atoms with Gasteiger partial charge in [-0.3, -0.25) is 4.68 Å². The average Bonchev–Trinajstić information content (AvgIpc) is 3.60. The molecular formula is C46H48N4OPt. The standard InChI is InChI=1S/C46H48N4O.Pt/c1-30(2)14-12-15-31(3)35-20-23-42-41(26-35)40-22-21-39(29-43(40)49(42)44-27-36(24-25-47-44)46(6,7)8)51-38-19-13-18-37(28-38)50-33(5)45(32(4)48-50)34-16-10-9-11-17-34;/h9-11,13,16-27,30-31H,12,14-15H2,1-8H3;/q-2;+2. The van der Waals surface area contributed by atoms with Gasteiger partial charge >= 0.3 is 21.1 Å². The molecule has 1 atom stereocenters. The first-order valence-corrected chi connectivity index (χ1v) is 18.3. The normalized spacial score (nSPS) is 12.4. The number of hydrogen-bond donors (Lipinski definition) is 0. The van der Waals surface area contributed by atoms with Crippen molar-refractivity contribution in [1.82, 2.24) is 19.3 Å². The Morgan fingerprint density at radius 2 is 1.56 bits per heavy atom. The van der Waals surface area contributed by atoms with Gasteiger partial charge in [0.1, 0.15) is 5.82 Å². The van der Waals surface area contributed by atoms with Gasteiger partial charge in [-0.15, -0.1) is 35.7 Å². The van der Waals surface area contributed by atoms with Crippen molar-refractivity contribution < 1.29 is 25.8 Å². The van der Waals surface area contributed by atoms with E-state index >= 15 is 0 Å². The SMILES string of the molecule is Cc1nn(-c2[c-]c(Oc3[c-]c4c(cc3)c3cc(C(C)CCCC(C)C)ccc3n4-c3cc(C(C)(C)C)ccn3)ccc2)c(C)c1-c1ccccc1.[Pt+2]. The average molecular weight is 868 g/mol. The molecular weight excluding hydrogens is 820 g/mol. The van der Waals surface area contributed by atoms with E-state index in [1.54, 1.807) is 0 Å². The van der Waals surface area contributed by atoms with E-state index in [4.69, 9.17) is 14.8 Å². The molecule has 0 saturated heterocycles. The number of rotatable bonds is 10. The second-order valence-corrected chi connectivity index (χ2v) is 15.4. The molecule has 7 rings (SSSR count). The second-order valence-electron chi connectivity index (χ2n) is 15.4. The third kappa shape index (κ3) is 7.52. The quantitative estimate of drug-likeness (QED) is 0.129. The topological polar surface area (TPSA) is 44.9 Å². The van der Waals surface area contributed by atoms with E-state index in [1.165, 1.54) is 35.8 Å². The summed E-state index contributed by atoms with van der Waals surface area (Å²) in [6.07, 6.45) is 5.60. The van der Waals surface area contributed by atoms with Crippen LogP contribution in [-0.4, -0.2) is 19.3 Å². The number of fused-ring (bicyclic) bond motifs is 3. The molecule has 268 valence electrons. The maximum absolute atomic E-state index is 6.51. The third-order valence-corrected chi connectivity index (χ3v) is 10.1. The van der Waals surface area contributed by atoms with Crippen molar-refractivity contribution >= 4 is 21.8 Å². The molecule has 0 amide bonds. The van der Waals surface area contributed by atoms with Crippen LogP contribution >= 0.6 is 0 Å². The first-order valence-electron chi connectivity index (χ1n) is 18.3. The van der Waals surface area contributed by atoms with Crippen LogP contribution in [-0.2, 0) is 26.5 Å².